The summed E-state index contributed by atoms with van der Waals surface area (Å²) in [5, 5.41) is 5.52. The highest BCUT2D eigenvalue weighted by molar-refractivity contribution is 7.70. The molecule has 0 saturated heterocycles. The standard InChI is InChI=1S/C49H42N3OP/c1-54(2,53)45-30-29-42(43-17-9-10-18-44(43)45)35-21-25-40(26-22-35)49(31-11-4-12-32-49)41-27-23-37(24-28-41)47-50-46(36-14-5-3-6-15-36)51-48(52-47)39-20-19-34-13-7-8-16-38(34)33-39/h3,5-10,13-30,33H,4,11-12,31-32H2,1-2H3. The molecule has 0 N–H and O–H groups in total. The van der Waals surface area contributed by atoms with Crippen molar-refractivity contribution in [1.29, 1.82) is 0 Å². The van der Waals surface area contributed by atoms with Crippen molar-refractivity contribution in [3.05, 3.63) is 169 Å². The van der Waals surface area contributed by atoms with E-state index in [1.807, 2.05) is 37.6 Å². The minimum atomic E-state index is -2.42. The van der Waals surface area contributed by atoms with E-state index in [-0.39, 0.29) is 5.41 Å². The van der Waals surface area contributed by atoms with Crippen molar-refractivity contribution in [3.63, 3.8) is 0 Å². The molecule has 0 bridgehead atoms. The fourth-order valence-electron chi connectivity index (χ4n) is 8.49. The molecular weight excluding hydrogens is 678 g/mol. The molecule has 1 heterocycles. The van der Waals surface area contributed by atoms with Crippen LogP contribution in [0.25, 0.3) is 66.8 Å². The van der Waals surface area contributed by atoms with Crippen LogP contribution >= 0.6 is 7.14 Å². The van der Waals surface area contributed by atoms with Gasteiger partial charge in [0, 0.05) is 27.4 Å². The Morgan fingerprint density at radius 1 is 0.463 bits per heavy atom. The zero-order valence-corrected chi connectivity index (χ0v) is 31.6. The molecular formula is C49H42N3OP. The summed E-state index contributed by atoms with van der Waals surface area (Å²) in [5.74, 6) is 2.00. The lowest BCUT2D eigenvalue weighted by atomic mass is 9.65. The van der Waals surface area contributed by atoms with E-state index in [4.69, 9.17) is 15.0 Å². The first kappa shape index (κ1) is 34.1. The van der Waals surface area contributed by atoms with Gasteiger partial charge in [-0.2, -0.15) is 0 Å². The Morgan fingerprint density at radius 2 is 0.981 bits per heavy atom. The molecule has 0 aliphatic heterocycles. The van der Waals surface area contributed by atoms with Gasteiger partial charge in [-0.1, -0.05) is 171 Å². The van der Waals surface area contributed by atoms with Gasteiger partial charge in [-0.3, -0.25) is 0 Å². The Balaban J connectivity index is 1.08. The zero-order valence-electron chi connectivity index (χ0n) is 30.7. The minimum Gasteiger partial charge on any atom is -0.319 e. The second kappa shape index (κ2) is 13.9. The molecule has 1 saturated carbocycles. The molecule has 1 aliphatic rings. The van der Waals surface area contributed by atoms with Crippen molar-refractivity contribution >= 4 is 34.0 Å². The maximum atomic E-state index is 13.1. The zero-order chi connectivity index (χ0) is 36.7. The van der Waals surface area contributed by atoms with Crippen molar-refractivity contribution in [2.24, 2.45) is 0 Å². The van der Waals surface area contributed by atoms with Crippen LogP contribution in [-0.4, -0.2) is 28.3 Å². The van der Waals surface area contributed by atoms with Crippen LogP contribution in [0.5, 0.6) is 0 Å². The third-order valence-electron chi connectivity index (χ3n) is 11.3. The fourth-order valence-corrected chi connectivity index (χ4v) is 9.70. The maximum Gasteiger partial charge on any atom is 0.164 e. The molecule has 54 heavy (non-hydrogen) atoms. The van der Waals surface area contributed by atoms with Gasteiger partial charge in [0.2, 0.25) is 0 Å². The molecule has 4 nitrogen and oxygen atoms in total. The van der Waals surface area contributed by atoms with E-state index in [1.165, 1.54) is 46.9 Å². The first-order chi connectivity index (χ1) is 26.4. The van der Waals surface area contributed by atoms with Gasteiger partial charge in [0.1, 0.15) is 7.14 Å². The summed E-state index contributed by atoms with van der Waals surface area (Å²) in [4.78, 5) is 15.1. The number of hydrogen-bond acceptors (Lipinski definition) is 4. The van der Waals surface area contributed by atoms with E-state index in [0.29, 0.717) is 17.5 Å². The SMILES string of the molecule is CP(C)(=O)c1ccc(-c2ccc(C3(c4ccc(-c5nc(-c6ccccc6)nc(-c6ccc7ccccc7c6)n5)cc4)CCCCC3)cc2)c2ccccc12. The van der Waals surface area contributed by atoms with Gasteiger partial charge in [0.25, 0.3) is 0 Å². The number of hydrogen-bond donors (Lipinski definition) is 0. The van der Waals surface area contributed by atoms with Crippen LogP contribution in [0.2, 0.25) is 0 Å². The summed E-state index contributed by atoms with van der Waals surface area (Å²) in [6, 6.07) is 55.8. The van der Waals surface area contributed by atoms with Crippen LogP contribution in [0.3, 0.4) is 0 Å². The minimum absolute atomic E-state index is 0.0666. The lowest BCUT2D eigenvalue weighted by Crippen LogP contribution is -2.30. The molecule has 0 spiro atoms. The van der Waals surface area contributed by atoms with Crippen molar-refractivity contribution < 1.29 is 4.57 Å². The molecule has 8 aromatic rings. The summed E-state index contributed by atoms with van der Waals surface area (Å²) in [6.07, 6.45) is 5.89. The monoisotopic (exact) mass is 719 g/mol. The van der Waals surface area contributed by atoms with Crippen molar-refractivity contribution in [1.82, 2.24) is 15.0 Å². The highest BCUT2D eigenvalue weighted by Crippen LogP contribution is 2.46. The van der Waals surface area contributed by atoms with Gasteiger partial charge in [-0.05, 0) is 76.0 Å². The average molecular weight is 720 g/mol. The summed E-state index contributed by atoms with van der Waals surface area (Å²) in [5.41, 5.74) is 7.88. The lowest BCUT2D eigenvalue weighted by molar-refractivity contribution is 0.346. The molecule has 7 aromatic carbocycles. The van der Waals surface area contributed by atoms with Gasteiger partial charge in [0.05, 0.1) is 0 Å². The predicted molar refractivity (Wildman–Crippen MR) is 226 cm³/mol. The normalized spacial score (nSPS) is 14.3. The van der Waals surface area contributed by atoms with Crippen molar-refractivity contribution in [3.8, 4) is 45.3 Å². The van der Waals surface area contributed by atoms with E-state index in [0.717, 1.165) is 51.0 Å². The van der Waals surface area contributed by atoms with Gasteiger partial charge >= 0.3 is 0 Å². The molecule has 0 unspecified atom stereocenters. The first-order valence-electron chi connectivity index (χ1n) is 19.0. The van der Waals surface area contributed by atoms with Crippen LogP contribution in [0.1, 0.15) is 43.2 Å². The van der Waals surface area contributed by atoms with Gasteiger partial charge in [-0.25, -0.2) is 15.0 Å². The number of fused-ring (bicyclic) bond motifs is 2. The molecule has 0 atom stereocenters. The fraction of sp³-hybridized carbons (Fsp3) is 0.163. The van der Waals surface area contributed by atoms with Crippen molar-refractivity contribution in [2.75, 3.05) is 13.3 Å². The van der Waals surface area contributed by atoms with E-state index in [9.17, 15) is 4.57 Å². The van der Waals surface area contributed by atoms with Gasteiger partial charge in [-0.15, -0.1) is 0 Å². The average Bonchev–Trinajstić information content (AvgIpc) is 3.23. The molecule has 5 heteroatoms. The summed E-state index contributed by atoms with van der Waals surface area (Å²) >= 11 is 0. The third kappa shape index (κ3) is 6.35. The Morgan fingerprint density at radius 3 is 1.63 bits per heavy atom. The molecule has 0 amide bonds. The highest BCUT2D eigenvalue weighted by atomic mass is 31.2. The highest BCUT2D eigenvalue weighted by Gasteiger charge is 2.36. The lowest BCUT2D eigenvalue weighted by Gasteiger charge is -2.39. The summed E-state index contributed by atoms with van der Waals surface area (Å²) in [6.45, 7) is 3.71. The largest absolute Gasteiger partial charge is 0.319 e. The summed E-state index contributed by atoms with van der Waals surface area (Å²) < 4.78 is 13.1. The quantitative estimate of drug-likeness (QED) is 0.154. The summed E-state index contributed by atoms with van der Waals surface area (Å²) in [7, 11) is -2.42. The van der Waals surface area contributed by atoms with Gasteiger partial charge < -0.3 is 4.57 Å². The van der Waals surface area contributed by atoms with Gasteiger partial charge in [0.15, 0.2) is 17.5 Å². The van der Waals surface area contributed by atoms with Crippen LogP contribution in [0, 0.1) is 0 Å². The Labute approximate surface area is 317 Å². The molecule has 264 valence electrons. The molecule has 1 aromatic heterocycles. The first-order valence-corrected chi connectivity index (χ1v) is 21.6. The second-order valence-corrected chi connectivity index (χ2v) is 18.2. The Kier molecular flexibility index (Phi) is 8.80. The number of benzene rings is 7. The second-order valence-electron chi connectivity index (χ2n) is 15.1. The van der Waals surface area contributed by atoms with E-state index < -0.39 is 7.14 Å². The molecule has 1 aliphatic carbocycles. The van der Waals surface area contributed by atoms with E-state index in [2.05, 4.69) is 133 Å². The van der Waals surface area contributed by atoms with E-state index >= 15 is 0 Å². The number of aromatic nitrogens is 3. The van der Waals surface area contributed by atoms with Crippen molar-refractivity contribution in [2.45, 2.75) is 37.5 Å². The van der Waals surface area contributed by atoms with Crippen LogP contribution in [-0.2, 0) is 9.98 Å². The van der Waals surface area contributed by atoms with Crippen LogP contribution in [0.15, 0.2) is 158 Å². The molecule has 1 fully saturated rings. The molecule has 9 rings (SSSR count). The number of rotatable bonds is 7. The Hall–Kier alpha value is -5.70. The smallest absolute Gasteiger partial charge is 0.164 e. The van der Waals surface area contributed by atoms with E-state index in [1.54, 1.807) is 0 Å². The maximum absolute atomic E-state index is 13.1. The number of nitrogens with zero attached hydrogens (tertiary/aromatic N) is 3. The van der Waals surface area contributed by atoms with Crippen LogP contribution in [0.4, 0.5) is 0 Å². The molecule has 0 radical (unpaired) electrons. The Bertz CT molecular complexity index is 2680. The van der Waals surface area contributed by atoms with Crippen LogP contribution < -0.4 is 5.30 Å². The topological polar surface area (TPSA) is 55.7 Å². The third-order valence-corrected chi connectivity index (χ3v) is 12.9. The predicted octanol–water partition coefficient (Wildman–Crippen LogP) is 12.3.